The van der Waals surface area contributed by atoms with E-state index in [1.807, 2.05) is 0 Å². The van der Waals surface area contributed by atoms with Gasteiger partial charge in [-0.1, -0.05) is 58.5 Å². The molecule has 1 atom stereocenters. The number of hydrogen-bond acceptors (Lipinski definition) is 1. The van der Waals surface area contributed by atoms with Crippen LogP contribution >= 0.6 is 46.4 Å². The first-order valence-electron chi connectivity index (χ1n) is 6.00. The quantitative estimate of drug-likeness (QED) is 0.755. The zero-order valence-corrected chi connectivity index (χ0v) is 13.6. The van der Waals surface area contributed by atoms with E-state index in [4.69, 9.17) is 46.4 Å². The third kappa shape index (κ3) is 3.83. The maximum Gasteiger partial charge on any atom is 0.311 e. The second-order valence-corrected chi connectivity index (χ2v) is 6.12. The van der Waals surface area contributed by atoms with Crippen LogP contribution < -0.4 is 0 Å². The Hall–Kier alpha value is -0.930. The van der Waals surface area contributed by atoms with Crippen LogP contribution in [0.4, 0.5) is 0 Å². The van der Waals surface area contributed by atoms with Gasteiger partial charge in [-0.3, -0.25) is 4.79 Å². The molecule has 0 radical (unpaired) electrons. The van der Waals surface area contributed by atoms with Gasteiger partial charge in [-0.25, -0.2) is 0 Å². The molecule has 0 saturated carbocycles. The summed E-state index contributed by atoms with van der Waals surface area (Å²) in [7, 11) is 0. The molecule has 0 unspecified atom stereocenters. The van der Waals surface area contributed by atoms with Gasteiger partial charge in [0.2, 0.25) is 0 Å². The Kier molecular flexibility index (Phi) is 5.39. The summed E-state index contributed by atoms with van der Waals surface area (Å²) in [5.41, 5.74) is 1.06. The predicted octanol–water partition coefficient (Wildman–Crippen LogP) is 5.71. The lowest BCUT2D eigenvalue weighted by Crippen LogP contribution is -2.15. The third-order valence-electron chi connectivity index (χ3n) is 3.09. The number of halogens is 4. The van der Waals surface area contributed by atoms with Crippen LogP contribution in [0, 0.1) is 0 Å². The average Bonchev–Trinajstić information content (AvgIpc) is 2.39. The average molecular weight is 364 g/mol. The minimum atomic E-state index is -1.02. The van der Waals surface area contributed by atoms with E-state index in [1.54, 1.807) is 36.4 Å². The van der Waals surface area contributed by atoms with Gasteiger partial charge in [0, 0.05) is 25.7 Å². The van der Waals surface area contributed by atoms with Crippen LogP contribution in [0.15, 0.2) is 36.4 Å². The SMILES string of the molecule is O=C(O)[C@@H](Cc1ccc(Cl)cc1Cl)c1c(Cl)cccc1Cl. The Balaban J connectivity index is 2.43. The van der Waals surface area contributed by atoms with Gasteiger partial charge in [-0.2, -0.15) is 0 Å². The number of rotatable bonds is 4. The number of carboxylic acids is 1. The van der Waals surface area contributed by atoms with Gasteiger partial charge < -0.3 is 5.11 Å². The highest BCUT2D eigenvalue weighted by Gasteiger charge is 2.26. The van der Waals surface area contributed by atoms with Crippen molar-refractivity contribution in [1.29, 1.82) is 0 Å². The molecule has 0 heterocycles. The first-order valence-corrected chi connectivity index (χ1v) is 7.52. The largest absolute Gasteiger partial charge is 0.481 e. The molecule has 0 bridgehead atoms. The highest BCUT2D eigenvalue weighted by atomic mass is 35.5. The van der Waals surface area contributed by atoms with Crippen molar-refractivity contribution in [2.24, 2.45) is 0 Å². The Bertz CT molecular complexity index is 665. The fraction of sp³-hybridized carbons (Fsp3) is 0.133. The van der Waals surface area contributed by atoms with Crippen LogP contribution in [0.25, 0.3) is 0 Å². The molecule has 0 fully saturated rings. The van der Waals surface area contributed by atoms with E-state index in [2.05, 4.69) is 0 Å². The van der Waals surface area contributed by atoms with Gasteiger partial charge in [0.25, 0.3) is 0 Å². The summed E-state index contributed by atoms with van der Waals surface area (Å²) in [4.78, 5) is 11.6. The number of benzene rings is 2. The zero-order chi connectivity index (χ0) is 15.6. The van der Waals surface area contributed by atoms with E-state index in [1.165, 1.54) is 0 Å². The van der Waals surface area contributed by atoms with Crippen molar-refractivity contribution in [1.82, 2.24) is 0 Å². The van der Waals surface area contributed by atoms with Crippen molar-refractivity contribution < 1.29 is 9.90 Å². The van der Waals surface area contributed by atoms with Crippen molar-refractivity contribution in [3.05, 3.63) is 67.6 Å². The Labute approximate surface area is 142 Å². The molecule has 0 aliphatic rings. The van der Waals surface area contributed by atoms with Crippen molar-refractivity contribution in [2.45, 2.75) is 12.3 Å². The fourth-order valence-electron chi connectivity index (χ4n) is 2.06. The van der Waals surface area contributed by atoms with Crippen molar-refractivity contribution in [3.8, 4) is 0 Å². The zero-order valence-electron chi connectivity index (χ0n) is 10.6. The molecule has 1 N–H and O–H groups in total. The van der Waals surface area contributed by atoms with Crippen LogP contribution in [0.5, 0.6) is 0 Å². The number of hydrogen-bond donors (Lipinski definition) is 1. The molecule has 21 heavy (non-hydrogen) atoms. The van der Waals surface area contributed by atoms with E-state index in [9.17, 15) is 9.90 Å². The monoisotopic (exact) mass is 362 g/mol. The molecule has 0 amide bonds. The molecule has 0 spiro atoms. The maximum absolute atomic E-state index is 11.6. The standard InChI is InChI=1S/C15H10Cl4O2/c16-9-5-4-8(13(19)7-9)6-10(15(20)21)14-11(17)2-1-3-12(14)18/h1-5,7,10H,6H2,(H,20,21)/t10-/m0/s1. The Morgan fingerprint density at radius 3 is 2.14 bits per heavy atom. The highest BCUT2D eigenvalue weighted by Crippen LogP contribution is 2.35. The number of aliphatic carboxylic acids is 1. The summed E-state index contributed by atoms with van der Waals surface area (Å²) < 4.78 is 0. The molecule has 6 heteroatoms. The van der Waals surface area contributed by atoms with Crippen LogP contribution in [0.3, 0.4) is 0 Å². The summed E-state index contributed by atoms with van der Waals surface area (Å²) >= 11 is 24.1. The molecule has 2 aromatic carbocycles. The number of carbonyl (C=O) groups is 1. The van der Waals surface area contributed by atoms with Gasteiger partial charge in [0.1, 0.15) is 0 Å². The minimum absolute atomic E-state index is 0.175. The van der Waals surface area contributed by atoms with Gasteiger partial charge in [0.05, 0.1) is 5.92 Å². The molecule has 110 valence electrons. The molecule has 0 saturated heterocycles. The number of carboxylic acid groups (broad SMARTS) is 1. The van der Waals surface area contributed by atoms with E-state index >= 15 is 0 Å². The Morgan fingerprint density at radius 1 is 1.00 bits per heavy atom. The Morgan fingerprint density at radius 2 is 1.62 bits per heavy atom. The van der Waals surface area contributed by atoms with E-state index in [0.29, 0.717) is 31.2 Å². The topological polar surface area (TPSA) is 37.3 Å². The van der Waals surface area contributed by atoms with Gasteiger partial charge in [-0.15, -0.1) is 0 Å². The second-order valence-electron chi connectivity index (χ2n) is 4.47. The summed E-state index contributed by atoms with van der Waals surface area (Å²) in [6, 6.07) is 9.83. The molecule has 2 rings (SSSR count). The molecular weight excluding hydrogens is 354 g/mol. The summed E-state index contributed by atoms with van der Waals surface area (Å²) in [5, 5.41) is 11.0. The first kappa shape index (κ1) is 16.4. The second kappa shape index (κ2) is 6.89. The van der Waals surface area contributed by atoms with Gasteiger partial charge >= 0.3 is 5.97 Å². The lowest BCUT2D eigenvalue weighted by molar-refractivity contribution is -0.138. The first-order chi connectivity index (χ1) is 9.90. The summed E-state index contributed by atoms with van der Waals surface area (Å²) in [6.07, 6.45) is 0.175. The molecule has 2 nitrogen and oxygen atoms in total. The van der Waals surface area contributed by atoms with Gasteiger partial charge in [-0.05, 0) is 36.2 Å². The maximum atomic E-state index is 11.6. The third-order valence-corrected chi connectivity index (χ3v) is 4.33. The molecule has 0 aromatic heterocycles. The van der Waals surface area contributed by atoms with Crippen LogP contribution in [0.2, 0.25) is 20.1 Å². The fourth-order valence-corrected chi connectivity index (χ4v) is 3.21. The van der Waals surface area contributed by atoms with Crippen LogP contribution in [-0.4, -0.2) is 11.1 Å². The van der Waals surface area contributed by atoms with E-state index < -0.39 is 11.9 Å². The van der Waals surface area contributed by atoms with Gasteiger partial charge in [0.15, 0.2) is 0 Å². The normalized spacial score (nSPS) is 12.2. The van der Waals surface area contributed by atoms with Crippen molar-refractivity contribution in [2.75, 3.05) is 0 Å². The molecular formula is C15H10Cl4O2. The van der Waals surface area contributed by atoms with Crippen LogP contribution in [0.1, 0.15) is 17.0 Å². The summed E-state index contributed by atoms with van der Waals surface area (Å²) in [5.74, 6) is -1.90. The molecule has 2 aromatic rings. The smallest absolute Gasteiger partial charge is 0.311 e. The molecule has 0 aliphatic carbocycles. The lowest BCUT2D eigenvalue weighted by atomic mass is 9.92. The van der Waals surface area contributed by atoms with E-state index in [0.717, 1.165) is 0 Å². The minimum Gasteiger partial charge on any atom is -0.481 e. The van der Waals surface area contributed by atoms with Crippen LogP contribution in [-0.2, 0) is 11.2 Å². The van der Waals surface area contributed by atoms with Crippen molar-refractivity contribution >= 4 is 52.4 Å². The highest BCUT2D eigenvalue weighted by molar-refractivity contribution is 6.36. The predicted molar refractivity (Wildman–Crippen MR) is 87.0 cm³/mol. The summed E-state index contributed by atoms with van der Waals surface area (Å²) in [6.45, 7) is 0. The lowest BCUT2D eigenvalue weighted by Gasteiger charge is -2.17. The van der Waals surface area contributed by atoms with Crippen molar-refractivity contribution in [3.63, 3.8) is 0 Å². The van der Waals surface area contributed by atoms with E-state index in [-0.39, 0.29) is 6.42 Å². The molecule has 0 aliphatic heterocycles.